The molecule has 11 heteroatoms. The van der Waals surface area contributed by atoms with E-state index in [1.807, 2.05) is 24.3 Å². The van der Waals surface area contributed by atoms with E-state index in [4.69, 9.17) is 9.90 Å². The Morgan fingerprint density at radius 1 is 0.576 bits per heavy atom. The van der Waals surface area contributed by atoms with E-state index < -0.39 is 12.1 Å². The molecule has 316 valence electrons. The Labute approximate surface area is 346 Å². The molecule has 0 spiro atoms. The number of carboxylic acid groups (broad SMARTS) is 1. The summed E-state index contributed by atoms with van der Waals surface area (Å²) in [7, 11) is 0. The molecule has 3 aromatic rings. The number of hydrogen-bond donors (Lipinski definition) is 3. The van der Waals surface area contributed by atoms with Crippen molar-refractivity contribution in [2.45, 2.75) is 145 Å². The van der Waals surface area contributed by atoms with Crippen LogP contribution in [0.25, 0.3) is 0 Å². The second kappa shape index (κ2) is 18.2. The number of aryl methyl sites for hydroxylation is 1. The van der Waals surface area contributed by atoms with E-state index in [2.05, 4.69) is 69.0 Å². The Kier molecular flexibility index (Phi) is 12.8. The minimum Gasteiger partial charge on any atom is -0.475 e. The molecule has 4 bridgehead atoms. The van der Waals surface area contributed by atoms with Crippen LogP contribution in [0, 0.1) is 11.8 Å². The summed E-state index contributed by atoms with van der Waals surface area (Å²) in [6, 6.07) is 29.1. The molecule has 8 nitrogen and oxygen atoms in total. The minimum atomic E-state index is -5.08. The van der Waals surface area contributed by atoms with E-state index in [9.17, 15) is 22.8 Å². The van der Waals surface area contributed by atoms with E-state index >= 15 is 0 Å². The van der Waals surface area contributed by atoms with Gasteiger partial charge < -0.3 is 15.7 Å². The summed E-state index contributed by atoms with van der Waals surface area (Å²) >= 11 is 0. The van der Waals surface area contributed by atoms with Crippen molar-refractivity contribution in [3.05, 3.63) is 106 Å². The average molecular weight is 813 g/mol. The third-order valence-corrected chi connectivity index (χ3v) is 14.6. The first-order valence-electron chi connectivity index (χ1n) is 22.2. The highest BCUT2D eigenvalue weighted by Gasteiger charge is 2.44. The molecule has 4 fully saturated rings. The van der Waals surface area contributed by atoms with Gasteiger partial charge in [-0.1, -0.05) is 66.7 Å². The van der Waals surface area contributed by atoms with Crippen LogP contribution in [0.15, 0.2) is 72.8 Å². The summed E-state index contributed by atoms with van der Waals surface area (Å²) in [4.78, 5) is 41.1. The first-order chi connectivity index (χ1) is 28.5. The predicted molar refractivity (Wildman–Crippen MR) is 221 cm³/mol. The van der Waals surface area contributed by atoms with Crippen LogP contribution in [0.1, 0.15) is 159 Å². The lowest BCUT2D eigenvalue weighted by Crippen LogP contribution is -2.39. The zero-order chi connectivity index (χ0) is 41.1. The minimum absolute atomic E-state index is 0.0232. The van der Waals surface area contributed by atoms with Crippen molar-refractivity contribution in [3.63, 3.8) is 0 Å². The van der Waals surface area contributed by atoms with Gasteiger partial charge in [0.25, 0.3) is 5.91 Å². The van der Waals surface area contributed by atoms with Crippen LogP contribution in [0.5, 0.6) is 0 Å². The number of hydrogen-bond acceptors (Lipinski definition) is 5. The zero-order valence-corrected chi connectivity index (χ0v) is 34.0. The normalized spacial score (nSPS) is 28.3. The number of aliphatic carboxylic acids is 1. The molecule has 0 unspecified atom stereocenters. The van der Waals surface area contributed by atoms with E-state index in [-0.39, 0.29) is 23.9 Å². The second-order valence-electron chi connectivity index (χ2n) is 18.0. The fourth-order valence-corrected chi connectivity index (χ4v) is 11.6. The monoisotopic (exact) mass is 812 g/mol. The molecule has 2 aliphatic carbocycles. The average Bonchev–Trinajstić information content (AvgIpc) is 4.01. The number of rotatable bonds is 12. The van der Waals surface area contributed by atoms with Crippen molar-refractivity contribution in [3.8, 4) is 0 Å². The molecular weight excluding hydrogens is 754 g/mol. The second-order valence-corrected chi connectivity index (χ2v) is 18.0. The molecule has 2 saturated heterocycles. The van der Waals surface area contributed by atoms with Crippen LogP contribution < -0.4 is 10.6 Å². The van der Waals surface area contributed by atoms with Gasteiger partial charge in [0, 0.05) is 48.2 Å². The quantitative estimate of drug-likeness (QED) is 0.168. The Morgan fingerprint density at radius 2 is 0.966 bits per heavy atom. The van der Waals surface area contributed by atoms with E-state index in [1.165, 1.54) is 77.3 Å². The molecule has 3 aromatic carbocycles. The maximum atomic E-state index is 13.5. The van der Waals surface area contributed by atoms with Crippen LogP contribution in [-0.4, -0.2) is 64.0 Å². The maximum Gasteiger partial charge on any atom is 0.490 e. The Bertz CT molecular complexity index is 1890. The van der Waals surface area contributed by atoms with Crippen LogP contribution in [-0.2, 0) is 16.0 Å². The van der Waals surface area contributed by atoms with Crippen molar-refractivity contribution in [1.29, 1.82) is 0 Å². The number of fused-ring (bicyclic) bond motifs is 10. The Hall–Kier alpha value is -4.22. The molecule has 2 amide bonds. The maximum absolute atomic E-state index is 13.5. The van der Waals surface area contributed by atoms with E-state index in [1.54, 1.807) is 22.3 Å². The summed E-state index contributed by atoms with van der Waals surface area (Å²) in [6.07, 6.45) is 12.8. The summed E-state index contributed by atoms with van der Waals surface area (Å²) < 4.78 is 31.7. The Morgan fingerprint density at radius 3 is 1.39 bits per heavy atom. The third-order valence-electron chi connectivity index (χ3n) is 14.6. The lowest BCUT2D eigenvalue weighted by atomic mass is 9.83. The highest BCUT2D eigenvalue weighted by Crippen LogP contribution is 2.54. The predicted octanol–water partition coefficient (Wildman–Crippen LogP) is 9.78. The third kappa shape index (κ3) is 9.41. The smallest absolute Gasteiger partial charge is 0.475 e. The Balaban J connectivity index is 0.000000637. The number of amides is 2. The number of nitrogens with zero attached hydrogens (tertiary/aromatic N) is 2. The lowest BCUT2D eigenvalue weighted by molar-refractivity contribution is -0.192. The van der Waals surface area contributed by atoms with Crippen molar-refractivity contribution < 1.29 is 32.7 Å². The number of carboxylic acids is 1. The van der Waals surface area contributed by atoms with Gasteiger partial charge in [-0.15, -0.1) is 0 Å². The summed E-state index contributed by atoms with van der Waals surface area (Å²) in [5.41, 5.74) is 8.01. The van der Waals surface area contributed by atoms with Crippen molar-refractivity contribution in [1.82, 2.24) is 20.4 Å². The molecule has 6 aliphatic rings. The standard InChI is InChI=1S/C46H58N4O2.C2HF3O2/c51-45(47-34-18-13-31(14-19-34)27-29-49-41-22-23-42(49)38-10-4-3-9-37(38)41)26-17-33-7-1-2-8-36(33)46(52)48-35-20-15-32(16-21-35)28-30-50-43-24-25-44(50)40-12-6-5-11-39(40)43;3-2(4,5)1(6)7/h1-12,31-32,34-35,41-44H,13-30H2,(H,47,51)(H,48,52);(H,6,7)/t31-,32-,34-,35-,41-,42+,43-,44+;. The fraction of sp³-hybridized carbons (Fsp3) is 0.562. The van der Waals surface area contributed by atoms with Crippen molar-refractivity contribution in [2.75, 3.05) is 13.1 Å². The number of alkyl halides is 3. The molecule has 0 aromatic heterocycles. The van der Waals surface area contributed by atoms with E-state index in [0.29, 0.717) is 37.0 Å². The van der Waals surface area contributed by atoms with Crippen LogP contribution in [0.2, 0.25) is 0 Å². The van der Waals surface area contributed by atoms with Crippen molar-refractivity contribution in [2.24, 2.45) is 11.8 Å². The van der Waals surface area contributed by atoms with Gasteiger partial charge >= 0.3 is 12.1 Å². The molecule has 4 atom stereocenters. The van der Waals surface area contributed by atoms with Gasteiger partial charge in [-0.25, -0.2) is 4.79 Å². The number of carbonyl (C=O) groups is 3. The summed E-state index contributed by atoms with van der Waals surface area (Å²) in [6.45, 7) is 2.40. The van der Waals surface area contributed by atoms with Crippen molar-refractivity contribution >= 4 is 17.8 Å². The summed E-state index contributed by atoms with van der Waals surface area (Å²) in [5, 5.41) is 13.8. The van der Waals surface area contributed by atoms with Crippen LogP contribution >= 0.6 is 0 Å². The first-order valence-corrected chi connectivity index (χ1v) is 22.2. The lowest BCUT2D eigenvalue weighted by Gasteiger charge is -2.31. The first kappa shape index (κ1) is 41.5. The fourth-order valence-electron chi connectivity index (χ4n) is 11.6. The van der Waals surface area contributed by atoms with Gasteiger partial charge in [0.2, 0.25) is 5.91 Å². The van der Waals surface area contributed by atoms with E-state index in [0.717, 1.165) is 48.6 Å². The number of benzene rings is 3. The van der Waals surface area contributed by atoms with Gasteiger partial charge in [-0.3, -0.25) is 19.4 Å². The van der Waals surface area contributed by atoms with Gasteiger partial charge in [0.1, 0.15) is 0 Å². The highest BCUT2D eigenvalue weighted by molar-refractivity contribution is 5.96. The van der Waals surface area contributed by atoms with Crippen LogP contribution in [0.4, 0.5) is 13.2 Å². The molecule has 9 rings (SSSR count). The zero-order valence-electron chi connectivity index (χ0n) is 34.0. The SMILES string of the molecule is O=C(CCc1ccccc1C(=O)N[C@H]1CC[C@H](CCN2[C@@H]3CC[C@H]2c2ccccc23)CC1)N[C@H]1CC[C@H](CCN2[C@@H]3CC[C@H]2c2ccccc23)CC1.O=C(O)C(F)(F)F. The van der Waals surface area contributed by atoms with Gasteiger partial charge in [0.05, 0.1) is 0 Å². The molecule has 2 saturated carbocycles. The largest absolute Gasteiger partial charge is 0.490 e. The number of nitrogens with one attached hydrogen (secondary N) is 2. The van der Waals surface area contributed by atoms with Gasteiger partial charge in [-0.05, 0) is 155 Å². The topological polar surface area (TPSA) is 102 Å². The highest BCUT2D eigenvalue weighted by atomic mass is 19.4. The van der Waals surface area contributed by atoms with Crippen LogP contribution in [0.3, 0.4) is 0 Å². The van der Waals surface area contributed by atoms with Gasteiger partial charge in [-0.2, -0.15) is 13.2 Å². The molecule has 3 N–H and O–H groups in total. The molecule has 0 radical (unpaired) electrons. The molecular formula is C48H59F3N4O4. The number of halogens is 3. The number of carbonyl (C=O) groups excluding carboxylic acids is 2. The molecule has 4 heterocycles. The summed E-state index contributed by atoms with van der Waals surface area (Å²) in [5.74, 6) is -1.10. The molecule has 4 aliphatic heterocycles. The molecule has 59 heavy (non-hydrogen) atoms. The van der Waals surface area contributed by atoms with Gasteiger partial charge in [0.15, 0.2) is 0 Å².